The van der Waals surface area contributed by atoms with Gasteiger partial charge in [-0.2, -0.15) is 0 Å². The van der Waals surface area contributed by atoms with Crippen LogP contribution in [0, 0.1) is 0 Å². The highest BCUT2D eigenvalue weighted by atomic mass is 16.5. The number of methoxy groups -OCH3 is 1. The summed E-state index contributed by atoms with van der Waals surface area (Å²) < 4.78 is 5.34. The number of amides is 1. The molecule has 1 amide bonds. The Bertz CT molecular complexity index is 444. The first kappa shape index (κ1) is 13.9. The van der Waals surface area contributed by atoms with Crippen LogP contribution in [0.1, 0.15) is 31.7 Å². The van der Waals surface area contributed by atoms with E-state index >= 15 is 0 Å². The molecule has 0 spiro atoms. The summed E-state index contributed by atoms with van der Waals surface area (Å²) in [4.78, 5) is 14.2. The highest BCUT2D eigenvalue weighted by Gasteiger charge is 2.34. The molecule has 1 saturated carbocycles. The molecule has 0 radical (unpaired) electrons. The highest BCUT2D eigenvalue weighted by Crippen LogP contribution is 2.30. The third kappa shape index (κ3) is 3.26. The Morgan fingerprint density at radius 3 is 2.74 bits per heavy atom. The molecule has 1 aliphatic carbocycles. The maximum absolute atomic E-state index is 12.3. The Labute approximate surface area is 114 Å². The van der Waals surface area contributed by atoms with Crippen LogP contribution in [0.2, 0.25) is 0 Å². The molecule has 1 aliphatic rings. The van der Waals surface area contributed by atoms with E-state index in [9.17, 15) is 4.79 Å². The lowest BCUT2D eigenvalue weighted by Gasteiger charge is -2.26. The van der Waals surface area contributed by atoms with Gasteiger partial charge < -0.3 is 15.4 Å². The Balaban J connectivity index is 2.14. The second-order valence-electron chi connectivity index (χ2n) is 5.02. The molecule has 1 fully saturated rings. The number of nitrogens with zero attached hydrogens (tertiary/aromatic N) is 1. The van der Waals surface area contributed by atoms with Crippen LogP contribution >= 0.6 is 0 Å². The van der Waals surface area contributed by atoms with Crippen molar-refractivity contribution in [2.24, 2.45) is 5.73 Å². The average Bonchev–Trinajstić information content (AvgIpc) is 3.28. The van der Waals surface area contributed by atoms with Crippen LogP contribution in [-0.2, 0) is 11.3 Å². The molecule has 4 heteroatoms. The van der Waals surface area contributed by atoms with E-state index in [2.05, 4.69) is 0 Å². The number of benzene rings is 1. The minimum atomic E-state index is -0.393. The zero-order valence-electron chi connectivity index (χ0n) is 11.6. The predicted molar refractivity (Wildman–Crippen MR) is 74.8 cm³/mol. The quantitative estimate of drug-likeness (QED) is 0.852. The summed E-state index contributed by atoms with van der Waals surface area (Å²) >= 11 is 0. The fourth-order valence-corrected chi connectivity index (χ4v) is 2.18. The zero-order chi connectivity index (χ0) is 13.8. The Morgan fingerprint density at radius 2 is 2.16 bits per heavy atom. The Hall–Kier alpha value is -1.55. The van der Waals surface area contributed by atoms with Crippen molar-refractivity contribution >= 4 is 5.91 Å². The standard InChI is InChI=1S/C15H22N2O2/c1-3-13(16)15(18)17(12-8-9-12)10-11-6-4-5-7-14(11)19-2/h4-7,12-13H,3,8-10,16H2,1-2H3. The molecular formula is C15H22N2O2. The summed E-state index contributed by atoms with van der Waals surface area (Å²) in [5, 5.41) is 0. The Morgan fingerprint density at radius 1 is 1.47 bits per heavy atom. The lowest BCUT2D eigenvalue weighted by molar-refractivity contribution is -0.133. The van der Waals surface area contributed by atoms with E-state index in [1.165, 1.54) is 0 Å². The fourth-order valence-electron chi connectivity index (χ4n) is 2.18. The molecule has 1 unspecified atom stereocenters. The number of hydrogen-bond acceptors (Lipinski definition) is 3. The minimum Gasteiger partial charge on any atom is -0.496 e. The summed E-state index contributed by atoms with van der Waals surface area (Å²) in [6.45, 7) is 2.53. The highest BCUT2D eigenvalue weighted by molar-refractivity contribution is 5.82. The average molecular weight is 262 g/mol. The van der Waals surface area contributed by atoms with Gasteiger partial charge in [-0.25, -0.2) is 0 Å². The number of hydrogen-bond donors (Lipinski definition) is 1. The molecule has 0 aliphatic heterocycles. The van der Waals surface area contributed by atoms with E-state index in [0.29, 0.717) is 19.0 Å². The normalized spacial score (nSPS) is 15.9. The second kappa shape index (κ2) is 6.06. The van der Waals surface area contributed by atoms with E-state index in [1.807, 2.05) is 36.1 Å². The van der Waals surface area contributed by atoms with Gasteiger partial charge in [-0.3, -0.25) is 4.79 Å². The van der Waals surface area contributed by atoms with E-state index in [4.69, 9.17) is 10.5 Å². The number of rotatable bonds is 6. The van der Waals surface area contributed by atoms with Crippen molar-refractivity contribution in [1.82, 2.24) is 4.90 Å². The van der Waals surface area contributed by atoms with Crippen LogP contribution < -0.4 is 10.5 Å². The Kier molecular flexibility index (Phi) is 4.43. The monoisotopic (exact) mass is 262 g/mol. The lowest BCUT2D eigenvalue weighted by Crippen LogP contribution is -2.44. The van der Waals surface area contributed by atoms with E-state index in [1.54, 1.807) is 7.11 Å². The van der Waals surface area contributed by atoms with Gasteiger partial charge in [0, 0.05) is 18.2 Å². The van der Waals surface area contributed by atoms with Gasteiger partial charge in [0.15, 0.2) is 0 Å². The molecule has 104 valence electrons. The predicted octanol–water partition coefficient (Wildman–Crippen LogP) is 1.92. The molecule has 1 aromatic carbocycles. The minimum absolute atomic E-state index is 0.0518. The van der Waals surface area contributed by atoms with Crippen molar-refractivity contribution in [1.29, 1.82) is 0 Å². The first-order valence-corrected chi connectivity index (χ1v) is 6.85. The van der Waals surface area contributed by atoms with Crippen LogP contribution in [0.4, 0.5) is 0 Å². The van der Waals surface area contributed by atoms with Gasteiger partial charge in [0.05, 0.1) is 13.2 Å². The number of carbonyl (C=O) groups is 1. The van der Waals surface area contributed by atoms with E-state index in [-0.39, 0.29) is 5.91 Å². The molecule has 0 saturated heterocycles. The fraction of sp³-hybridized carbons (Fsp3) is 0.533. The molecule has 0 heterocycles. The maximum Gasteiger partial charge on any atom is 0.240 e. The van der Waals surface area contributed by atoms with E-state index < -0.39 is 6.04 Å². The third-order valence-electron chi connectivity index (χ3n) is 3.56. The first-order chi connectivity index (χ1) is 9.17. The lowest BCUT2D eigenvalue weighted by atomic mass is 10.1. The van der Waals surface area contributed by atoms with Gasteiger partial charge in [-0.05, 0) is 25.3 Å². The number of carbonyl (C=O) groups excluding carboxylic acids is 1. The van der Waals surface area contributed by atoms with Crippen LogP contribution in [0.3, 0.4) is 0 Å². The van der Waals surface area contributed by atoms with Crippen molar-refractivity contribution < 1.29 is 9.53 Å². The van der Waals surface area contributed by atoms with Crippen molar-refractivity contribution in [3.8, 4) is 5.75 Å². The molecule has 0 bridgehead atoms. The topological polar surface area (TPSA) is 55.6 Å². The molecule has 19 heavy (non-hydrogen) atoms. The molecule has 0 aromatic heterocycles. The smallest absolute Gasteiger partial charge is 0.240 e. The van der Waals surface area contributed by atoms with Crippen molar-refractivity contribution in [3.05, 3.63) is 29.8 Å². The maximum atomic E-state index is 12.3. The van der Waals surface area contributed by atoms with Crippen LogP contribution in [0.5, 0.6) is 5.75 Å². The second-order valence-corrected chi connectivity index (χ2v) is 5.02. The van der Waals surface area contributed by atoms with Gasteiger partial charge in [0.2, 0.25) is 5.91 Å². The summed E-state index contributed by atoms with van der Waals surface area (Å²) in [5.74, 6) is 0.877. The molecule has 1 atom stereocenters. The van der Waals surface area contributed by atoms with Crippen LogP contribution in [0.15, 0.2) is 24.3 Å². The number of ether oxygens (including phenoxy) is 1. The number of para-hydroxylation sites is 1. The van der Waals surface area contributed by atoms with Crippen molar-refractivity contribution in [2.45, 2.75) is 44.8 Å². The van der Waals surface area contributed by atoms with Crippen LogP contribution in [-0.4, -0.2) is 30.0 Å². The largest absolute Gasteiger partial charge is 0.496 e. The van der Waals surface area contributed by atoms with Gasteiger partial charge in [-0.15, -0.1) is 0 Å². The zero-order valence-corrected chi connectivity index (χ0v) is 11.6. The first-order valence-electron chi connectivity index (χ1n) is 6.85. The third-order valence-corrected chi connectivity index (χ3v) is 3.56. The molecule has 2 N–H and O–H groups in total. The molecular weight excluding hydrogens is 240 g/mol. The van der Waals surface area contributed by atoms with Gasteiger partial charge in [0.25, 0.3) is 0 Å². The van der Waals surface area contributed by atoms with Crippen molar-refractivity contribution in [2.75, 3.05) is 7.11 Å². The van der Waals surface area contributed by atoms with Crippen molar-refractivity contribution in [3.63, 3.8) is 0 Å². The van der Waals surface area contributed by atoms with Gasteiger partial charge in [0.1, 0.15) is 5.75 Å². The van der Waals surface area contributed by atoms with E-state index in [0.717, 1.165) is 24.2 Å². The van der Waals surface area contributed by atoms with Gasteiger partial charge >= 0.3 is 0 Å². The summed E-state index contributed by atoms with van der Waals surface area (Å²) in [7, 11) is 1.65. The summed E-state index contributed by atoms with van der Waals surface area (Å²) in [6, 6.07) is 7.78. The molecule has 2 rings (SSSR count). The molecule has 1 aromatic rings. The summed E-state index contributed by atoms with van der Waals surface area (Å²) in [5.41, 5.74) is 6.92. The molecule has 4 nitrogen and oxygen atoms in total. The summed E-state index contributed by atoms with van der Waals surface area (Å²) in [6.07, 6.45) is 2.84. The SMILES string of the molecule is CCC(N)C(=O)N(Cc1ccccc1OC)C1CC1. The van der Waals surface area contributed by atoms with Gasteiger partial charge in [-0.1, -0.05) is 25.1 Å². The number of nitrogens with two attached hydrogens (primary N) is 1. The van der Waals surface area contributed by atoms with Crippen LogP contribution in [0.25, 0.3) is 0 Å².